The molecular formula is C16H22IN5O2. The number of hydrogen-bond donors (Lipinski definition) is 2. The minimum absolute atomic E-state index is 0. The molecule has 24 heavy (non-hydrogen) atoms. The number of aryl methyl sites for hydroxylation is 1. The fourth-order valence-electron chi connectivity index (χ4n) is 2.29. The molecule has 3 N–H and O–H groups in total. The number of aromatic nitrogens is 2. The first-order chi connectivity index (χ1) is 11.2. The summed E-state index contributed by atoms with van der Waals surface area (Å²) < 4.78 is 13.1. The summed E-state index contributed by atoms with van der Waals surface area (Å²) in [6.45, 7) is 4.59. The minimum atomic E-state index is 0. The summed E-state index contributed by atoms with van der Waals surface area (Å²) >= 11 is 0. The second-order valence-electron chi connectivity index (χ2n) is 5.38. The summed E-state index contributed by atoms with van der Waals surface area (Å²) in [6.07, 6.45) is 4.68. The molecule has 8 heteroatoms. The number of ether oxygens (including phenoxy) is 2. The zero-order valence-electron chi connectivity index (χ0n) is 13.6. The van der Waals surface area contributed by atoms with Crippen molar-refractivity contribution in [3.05, 3.63) is 36.2 Å². The SMILES string of the molecule is Cc1cnn(CCN=C(N)Nc2ccc3c(c2)OCCCO3)c1.I. The Labute approximate surface area is 158 Å². The van der Waals surface area contributed by atoms with Crippen LogP contribution in [0, 0.1) is 6.92 Å². The zero-order valence-corrected chi connectivity index (χ0v) is 15.9. The molecule has 0 bridgehead atoms. The van der Waals surface area contributed by atoms with E-state index in [-0.39, 0.29) is 24.0 Å². The summed E-state index contributed by atoms with van der Waals surface area (Å²) in [6, 6.07) is 5.65. The summed E-state index contributed by atoms with van der Waals surface area (Å²) in [5.41, 5.74) is 7.88. The van der Waals surface area contributed by atoms with Gasteiger partial charge in [0.15, 0.2) is 17.5 Å². The van der Waals surface area contributed by atoms with Crippen LogP contribution >= 0.6 is 24.0 Å². The van der Waals surface area contributed by atoms with Gasteiger partial charge in [-0.1, -0.05) is 0 Å². The van der Waals surface area contributed by atoms with Crippen LogP contribution in [0.3, 0.4) is 0 Å². The third-order valence-electron chi connectivity index (χ3n) is 3.39. The van der Waals surface area contributed by atoms with E-state index in [4.69, 9.17) is 15.2 Å². The molecule has 0 amide bonds. The van der Waals surface area contributed by atoms with Gasteiger partial charge in [0.1, 0.15) is 0 Å². The molecule has 7 nitrogen and oxygen atoms in total. The third-order valence-corrected chi connectivity index (χ3v) is 3.39. The van der Waals surface area contributed by atoms with Gasteiger partial charge in [-0.15, -0.1) is 24.0 Å². The average molecular weight is 443 g/mol. The number of aliphatic imine (C=N–C) groups is 1. The number of hydrogen-bond acceptors (Lipinski definition) is 4. The van der Waals surface area contributed by atoms with Crippen LogP contribution in [0.4, 0.5) is 5.69 Å². The van der Waals surface area contributed by atoms with Crippen molar-refractivity contribution >= 4 is 35.6 Å². The van der Waals surface area contributed by atoms with Gasteiger partial charge < -0.3 is 20.5 Å². The van der Waals surface area contributed by atoms with Gasteiger partial charge in [-0.2, -0.15) is 5.10 Å². The lowest BCUT2D eigenvalue weighted by molar-refractivity contribution is 0.297. The molecule has 1 aromatic carbocycles. The van der Waals surface area contributed by atoms with Crippen molar-refractivity contribution in [1.82, 2.24) is 9.78 Å². The summed E-state index contributed by atoms with van der Waals surface area (Å²) in [7, 11) is 0. The first-order valence-electron chi connectivity index (χ1n) is 7.66. The highest BCUT2D eigenvalue weighted by Crippen LogP contribution is 2.32. The monoisotopic (exact) mass is 443 g/mol. The summed E-state index contributed by atoms with van der Waals surface area (Å²) in [5.74, 6) is 1.85. The van der Waals surface area contributed by atoms with E-state index in [1.54, 1.807) is 0 Å². The molecule has 3 rings (SSSR count). The first kappa shape index (κ1) is 18.4. The van der Waals surface area contributed by atoms with Crippen LogP contribution in [0.5, 0.6) is 11.5 Å². The van der Waals surface area contributed by atoms with Crippen molar-refractivity contribution in [3.8, 4) is 11.5 Å². The van der Waals surface area contributed by atoms with E-state index >= 15 is 0 Å². The van der Waals surface area contributed by atoms with Crippen molar-refractivity contribution in [1.29, 1.82) is 0 Å². The van der Waals surface area contributed by atoms with E-state index in [0.717, 1.165) is 29.2 Å². The van der Waals surface area contributed by atoms with Gasteiger partial charge in [-0.3, -0.25) is 9.67 Å². The van der Waals surface area contributed by atoms with Gasteiger partial charge in [0.2, 0.25) is 0 Å². The second-order valence-corrected chi connectivity index (χ2v) is 5.38. The van der Waals surface area contributed by atoms with Gasteiger partial charge in [0.05, 0.1) is 32.5 Å². The van der Waals surface area contributed by atoms with Crippen LogP contribution in [0.2, 0.25) is 0 Å². The minimum Gasteiger partial charge on any atom is -0.490 e. The van der Waals surface area contributed by atoms with Gasteiger partial charge >= 0.3 is 0 Å². The number of rotatable bonds is 4. The number of nitrogens with zero attached hydrogens (tertiary/aromatic N) is 3. The van der Waals surface area contributed by atoms with Crippen LogP contribution in [-0.2, 0) is 6.54 Å². The normalized spacial score (nSPS) is 13.8. The summed E-state index contributed by atoms with van der Waals surface area (Å²) in [5, 5.41) is 7.28. The Balaban J connectivity index is 0.00000208. The van der Waals surface area contributed by atoms with Crippen LogP contribution in [-0.4, -0.2) is 35.5 Å². The highest BCUT2D eigenvalue weighted by molar-refractivity contribution is 14.0. The molecule has 2 aromatic rings. The Kier molecular flexibility index (Phi) is 6.71. The van der Waals surface area contributed by atoms with Gasteiger partial charge in [0, 0.05) is 24.4 Å². The molecule has 1 aliphatic rings. The van der Waals surface area contributed by atoms with Crippen molar-refractivity contribution in [2.75, 3.05) is 25.1 Å². The first-order valence-corrected chi connectivity index (χ1v) is 7.66. The van der Waals surface area contributed by atoms with E-state index < -0.39 is 0 Å². The van der Waals surface area contributed by atoms with E-state index in [1.807, 2.05) is 42.2 Å². The zero-order chi connectivity index (χ0) is 16.1. The highest BCUT2D eigenvalue weighted by Gasteiger charge is 2.10. The average Bonchev–Trinajstić information content (AvgIpc) is 2.81. The predicted octanol–water partition coefficient (Wildman–Crippen LogP) is 2.40. The van der Waals surface area contributed by atoms with Crippen molar-refractivity contribution in [3.63, 3.8) is 0 Å². The Morgan fingerprint density at radius 3 is 2.88 bits per heavy atom. The molecule has 0 spiro atoms. The molecule has 0 saturated heterocycles. The molecule has 0 radical (unpaired) electrons. The maximum Gasteiger partial charge on any atom is 0.193 e. The van der Waals surface area contributed by atoms with E-state index in [2.05, 4.69) is 15.4 Å². The predicted molar refractivity (Wildman–Crippen MR) is 105 cm³/mol. The van der Waals surface area contributed by atoms with Crippen molar-refractivity contribution in [2.24, 2.45) is 10.7 Å². The molecule has 0 saturated carbocycles. The maximum atomic E-state index is 5.92. The number of fused-ring (bicyclic) bond motifs is 1. The molecular weight excluding hydrogens is 421 g/mol. The lowest BCUT2D eigenvalue weighted by Crippen LogP contribution is -2.23. The van der Waals surface area contributed by atoms with Gasteiger partial charge in [-0.05, 0) is 24.6 Å². The van der Waals surface area contributed by atoms with E-state index in [1.165, 1.54) is 0 Å². The van der Waals surface area contributed by atoms with Crippen LogP contribution in [0.1, 0.15) is 12.0 Å². The number of anilines is 1. The van der Waals surface area contributed by atoms with E-state index in [9.17, 15) is 0 Å². The Hall–Kier alpha value is -1.97. The van der Waals surface area contributed by atoms with Crippen LogP contribution in [0.15, 0.2) is 35.6 Å². The largest absolute Gasteiger partial charge is 0.490 e. The van der Waals surface area contributed by atoms with Crippen LogP contribution < -0.4 is 20.5 Å². The van der Waals surface area contributed by atoms with Crippen molar-refractivity contribution in [2.45, 2.75) is 19.9 Å². The Morgan fingerprint density at radius 1 is 1.33 bits per heavy atom. The fraction of sp³-hybridized carbons (Fsp3) is 0.375. The lowest BCUT2D eigenvalue weighted by atomic mass is 10.3. The third kappa shape index (κ3) is 5.02. The maximum absolute atomic E-state index is 5.92. The van der Waals surface area contributed by atoms with E-state index in [0.29, 0.717) is 32.3 Å². The molecule has 1 aliphatic heterocycles. The fourth-order valence-corrected chi connectivity index (χ4v) is 2.29. The quantitative estimate of drug-likeness (QED) is 0.431. The van der Waals surface area contributed by atoms with Gasteiger partial charge in [0.25, 0.3) is 0 Å². The molecule has 0 atom stereocenters. The number of halogens is 1. The standard InChI is InChI=1S/C16H21N5O2.HI/c1-12-10-19-21(11-12)6-5-18-16(17)20-13-3-4-14-15(9-13)23-8-2-7-22-14;/h3-4,9-11H,2,5-8H2,1H3,(H3,17,18,20);1H. The lowest BCUT2D eigenvalue weighted by Gasteiger charge is -2.10. The topological polar surface area (TPSA) is 86.7 Å². The molecule has 0 fully saturated rings. The molecule has 2 heterocycles. The molecule has 0 unspecified atom stereocenters. The summed E-state index contributed by atoms with van der Waals surface area (Å²) in [4.78, 5) is 4.30. The van der Waals surface area contributed by atoms with Crippen LogP contribution in [0.25, 0.3) is 0 Å². The number of benzene rings is 1. The number of guanidine groups is 1. The molecule has 130 valence electrons. The smallest absolute Gasteiger partial charge is 0.193 e. The number of nitrogens with two attached hydrogens (primary N) is 1. The number of nitrogens with one attached hydrogen (secondary N) is 1. The highest BCUT2D eigenvalue weighted by atomic mass is 127. The van der Waals surface area contributed by atoms with Gasteiger partial charge in [-0.25, -0.2) is 0 Å². The van der Waals surface area contributed by atoms with Crippen molar-refractivity contribution < 1.29 is 9.47 Å². The second kappa shape index (κ2) is 8.76. The molecule has 1 aromatic heterocycles. The molecule has 0 aliphatic carbocycles. The Bertz CT molecular complexity index is 702. The Morgan fingerprint density at radius 2 is 2.12 bits per heavy atom.